The van der Waals surface area contributed by atoms with E-state index in [-0.39, 0.29) is 5.91 Å². The van der Waals surface area contributed by atoms with Gasteiger partial charge in [-0.15, -0.1) is 0 Å². The quantitative estimate of drug-likeness (QED) is 0.726. The maximum atomic E-state index is 11.0. The van der Waals surface area contributed by atoms with Gasteiger partial charge >= 0.3 is 0 Å². The smallest absolute Gasteiger partial charge is 0.219 e. The van der Waals surface area contributed by atoms with Gasteiger partial charge in [-0.25, -0.2) is 0 Å². The Balaban J connectivity index is 0.000000224. The minimum atomic E-state index is 0.189. The summed E-state index contributed by atoms with van der Waals surface area (Å²) in [6.45, 7) is 14.7. The summed E-state index contributed by atoms with van der Waals surface area (Å²) in [7, 11) is 2.17. The molecule has 3 nitrogen and oxygen atoms in total. The van der Waals surface area contributed by atoms with E-state index in [1.165, 1.54) is 18.5 Å². The van der Waals surface area contributed by atoms with E-state index in [0.29, 0.717) is 5.92 Å². The third-order valence-corrected chi connectivity index (χ3v) is 4.62. The Morgan fingerprint density at radius 2 is 1.45 bits per heavy atom. The predicted molar refractivity (Wildman–Crippen MR) is 94.8 cm³/mol. The van der Waals surface area contributed by atoms with E-state index in [1.54, 1.807) is 12.5 Å². The molecule has 2 aliphatic rings. The number of likely N-dealkylation sites (N-methyl/N-ethyl adjacent to an activating group) is 1. The van der Waals surface area contributed by atoms with Crippen molar-refractivity contribution in [2.45, 2.75) is 47.5 Å². The lowest BCUT2D eigenvalue weighted by Gasteiger charge is -2.26. The van der Waals surface area contributed by atoms with Crippen LogP contribution in [0.4, 0.5) is 0 Å². The Hall–Kier alpha value is -1.09. The molecule has 126 valence electrons. The molecular formula is C19H34N2O. The third-order valence-electron chi connectivity index (χ3n) is 4.62. The van der Waals surface area contributed by atoms with Gasteiger partial charge in [0, 0.05) is 33.1 Å². The first kappa shape index (κ1) is 19.0. The summed E-state index contributed by atoms with van der Waals surface area (Å²) >= 11 is 0. The lowest BCUT2D eigenvalue weighted by Crippen LogP contribution is -2.33. The van der Waals surface area contributed by atoms with Crippen molar-refractivity contribution in [3.8, 4) is 0 Å². The summed E-state index contributed by atoms with van der Waals surface area (Å²) in [5, 5.41) is 0. The number of carbonyl (C=O) groups excluding carboxylic acids is 1. The highest BCUT2D eigenvalue weighted by Gasteiger charge is 2.14. The number of hydrogen-bond donors (Lipinski definition) is 0. The molecular weight excluding hydrogens is 272 g/mol. The van der Waals surface area contributed by atoms with Crippen LogP contribution in [0.3, 0.4) is 0 Å². The van der Waals surface area contributed by atoms with E-state index in [9.17, 15) is 4.79 Å². The molecule has 0 radical (unpaired) electrons. The maximum absolute atomic E-state index is 11.0. The Bertz CT molecular complexity index is 421. The molecule has 0 bridgehead atoms. The van der Waals surface area contributed by atoms with Crippen LogP contribution in [0.15, 0.2) is 23.3 Å². The molecule has 3 heteroatoms. The van der Waals surface area contributed by atoms with E-state index in [0.717, 1.165) is 32.0 Å². The summed E-state index contributed by atoms with van der Waals surface area (Å²) in [4.78, 5) is 15.2. The second kappa shape index (κ2) is 9.14. The molecule has 0 saturated carbocycles. The first-order chi connectivity index (χ1) is 10.3. The number of nitrogens with zero attached hydrogens (tertiary/aromatic N) is 2. The lowest BCUT2D eigenvalue weighted by atomic mass is 9.97. The average Bonchev–Trinajstić information content (AvgIpc) is 2.48. The van der Waals surface area contributed by atoms with Crippen LogP contribution in [0, 0.1) is 11.8 Å². The van der Waals surface area contributed by atoms with Crippen LogP contribution in [-0.4, -0.2) is 48.9 Å². The van der Waals surface area contributed by atoms with Gasteiger partial charge in [-0.1, -0.05) is 51.0 Å². The molecule has 0 spiro atoms. The number of hydrogen-bond acceptors (Lipinski definition) is 2. The van der Waals surface area contributed by atoms with Gasteiger partial charge in [-0.2, -0.15) is 0 Å². The first-order valence-electron chi connectivity index (χ1n) is 8.63. The molecule has 0 aromatic heterocycles. The highest BCUT2D eigenvalue weighted by molar-refractivity contribution is 5.73. The summed E-state index contributed by atoms with van der Waals surface area (Å²) in [6, 6.07) is 0. The number of rotatable bonds is 2. The van der Waals surface area contributed by atoms with E-state index in [2.05, 4.69) is 51.8 Å². The van der Waals surface area contributed by atoms with Crippen molar-refractivity contribution in [3.63, 3.8) is 0 Å². The molecule has 1 amide bonds. The van der Waals surface area contributed by atoms with Crippen molar-refractivity contribution in [1.82, 2.24) is 9.80 Å². The second-order valence-electron chi connectivity index (χ2n) is 7.09. The fourth-order valence-electron chi connectivity index (χ4n) is 2.81. The van der Waals surface area contributed by atoms with E-state index in [4.69, 9.17) is 0 Å². The average molecular weight is 306 g/mol. The van der Waals surface area contributed by atoms with Crippen LogP contribution in [0.25, 0.3) is 0 Å². The van der Waals surface area contributed by atoms with Crippen LogP contribution in [-0.2, 0) is 4.79 Å². The fourth-order valence-corrected chi connectivity index (χ4v) is 2.81. The molecule has 0 aromatic carbocycles. The van der Waals surface area contributed by atoms with Gasteiger partial charge in [0.05, 0.1) is 0 Å². The van der Waals surface area contributed by atoms with Crippen molar-refractivity contribution in [1.29, 1.82) is 0 Å². The Morgan fingerprint density at radius 1 is 0.955 bits per heavy atom. The monoisotopic (exact) mass is 306 g/mol. The van der Waals surface area contributed by atoms with E-state index >= 15 is 0 Å². The number of amides is 1. The van der Waals surface area contributed by atoms with Gasteiger partial charge in [-0.05, 0) is 31.7 Å². The van der Waals surface area contributed by atoms with Crippen LogP contribution in [0.2, 0.25) is 0 Å². The lowest BCUT2D eigenvalue weighted by molar-refractivity contribution is -0.128. The van der Waals surface area contributed by atoms with Crippen molar-refractivity contribution in [2.24, 2.45) is 11.8 Å². The van der Waals surface area contributed by atoms with Gasteiger partial charge in [0.15, 0.2) is 0 Å². The van der Waals surface area contributed by atoms with Crippen molar-refractivity contribution in [2.75, 3.05) is 33.2 Å². The zero-order valence-electron chi connectivity index (χ0n) is 15.4. The predicted octanol–water partition coefficient (Wildman–Crippen LogP) is 3.73. The van der Waals surface area contributed by atoms with Crippen LogP contribution in [0.1, 0.15) is 47.5 Å². The summed E-state index contributed by atoms with van der Waals surface area (Å²) < 4.78 is 0. The van der Waals surface area contributed by atoms with Gasteiger partial charge in [0.1, 0.15) is 0 Å². The molecule has 2 aliphatic heterocycles. The van der Waals surface area contributed by atoms with Crippen molar-refractivity contribution in [3.05, 3.63) is 23.3 Å². The molecule has 22 heavy (non-hydrogen) atoms. The summed E-state index contributed by atoms with van der Waals surface area (Å²) in [6.07, 6.45) is 6.88. The zero-order chi connectivity index (χ0) is 16.7. The topological polar surface area (TPSA) is 23.6 Å². The summed E-state index contributed by atoms with van der Waals surface area (Å²) in [5.41, 5.74) is 3.13. The van der Waals surface area contributed by atoms with Crippen molar-refractivity contribution < 1.29 is 4.79 Å². The maximum Gasteiger partial charge on any atom is 0.219 e. The molecule has 0 saturated heterocycles. The second-order valence-corrected chi connectivity index (χ2v) is 7.09. The molecule has 2 heterocycles. The molecule has 0 fully saturated rings. The normalized spacial score (nSPS) is 19.5. The van der Waals surface area contributed by atoms with E-state index in [1.807, 2.05) is 4.90 Å². The van der Waals surface area contributed by atoms with Crippen LogP contribution in [0.5, 0.6) is 0 Å². The van der Waals surface area contributed by atoms with Gasteiger partial charge in [0.2, 0.25) is 5.91 Å². The largest absolute Gasteiger partial charge is 0.339 e. The van der Waals surface area contributed by atoms with Crippen molar-refractivity contribution >= 4 is 5.91 Å². The highest BCUT2D eigenvalue weighted by Crippen LogP contribution is 2.18. The molecule has 2 rings (SSSR count). The van der Waals surface area contributed by atoms with Gasteiger partial charge in [-0.3, -0.25) is 4.79 Å². The SMILES string of the molecule is CC(=O)N1CC=C(C(C)C)CC1.CC(C)C1=CCN(C)CC1. The molecule has 0 aromatic rings. The summed E-state index contributed by atoms with van der Waals surface area (Å²) in [5.74, 6) is 1.59. The first-order valence-corrected chi connectivity index (χ1v) is 8.63. The molecule has 0 unspecified atom stereocenters. The molecule has 0 aliphatic carbocycles. The van der Waals surface area contributed by atoms with Gasteiger partial charge < -0.3 is 9.80 Å². The fraction of sp³-hybridized carbons (Fsp3) is 0.737. The van der Waals surface area contributed by atoms with E-state index < -0.39 is 0 Å². The van der Waals surface area contributed by atoms with Gasteiger partial charge in [0.25, 0.3) is 0 Å². The Labute approximate surface area is 137 Å². The third kappa shape index (κ3) is 6.35. The molecule has 0 atom stereocenters. The highest BCUT2D eigenvalue weighted by atomic mass is 16.2. The zero-order valence-corrected chi connectivity index (χ0v) is 15.4. The van der Waals surface area contributed by atoms with Crippen LogP contribution < -0.4 is 0 Å². The standard InChI is InChI=1S/C10H17NO.C9H17N/c1-8(2)10-4-6-11(7-5-10)9(3)12;1-8(2)9-4-6-10(3)7-5-9/h4,8H,5-7H2,1-3H3;4,8H,5-7H2,1-3H3. The number of carbonyl (C=O) groups is 1. The molecule has 0 N–H and O–H groups in total. The minimum Gasteiger partial charge on any atom is -0.339 e. The Kier molecular flexibility index (Phi) is 7.88. The Morgan fingerprint density at radius 3 is 1.77 bits per heavy atom. The van der Waals surface area contributed by atoms with Crippen LogP contribution >= 0.6 is 0 Å². The minimum absolute atomic E-state index is 0.189.